The fourth-order valence-electron chi connectivity index (χ4n) is 2.35. The van der Waals surface area contributed by atoms with Crippen LogP contribution in [0.15, 0.2) is 36.9 Å². The molecule has 102 valence electrons. The minimum absolute atomic E-state index is 0.263. The Balaban J connectivity index is 1.80. The predicted octanol–water partition coefficient (Wildman–Crippen LogP) is 2.10. The molecule has 0 spiro atoms. The highest BCUT2D eigenvalue weighted by Gasteiger charge is 2.52. The van der Waals surface area contributed by atoms with Crippen molar-refractivity contribution in [3.8, 4) is 0 Å². The van der Waals surface area contributed by atoms with Crippen LogP contribution in [0.25, 0.3) is 0 Å². The SMILES string of the molecule is C=CCC1(C(=O)ON2C(=O)c3ccccc3C2=O)CC1. The average molecular weight is 271 g/mol. The maximum Gasteiger partial charge on any atom is 0.339 e. The van der Waals surface area contributed by atoms with E-state index in [9.17, 15) is 14.4 Å². The van der Waals surface area contributed by atoms with Gasteiger partial charge in [0.15, 0.2) is 0 Å². The van der Waals surface area contributed by atoms with Crippen molar-refractivity contribution in [1.82, 2.24) is 5.06 Å². The fourth-order valence-corrected chi connectivity index (χ4v) is 2.35. The maximum absolute atomic E-state index is 12.1. The van der Waals surface area contributed by atoms with Gasteiger partial charge in [0.05, 0.1) is 16.5 Å². The minimum atomic E-state index is -0.600. The average Bonchev–Trinajstić information content (AvgIpc) is 3.20. The Morgan fingerprint density at radius 1 is 1.25 bits per heavy atom. The number of imide groups is 1. The van der Waals surface area contributed by atoms with Crippen LogP contribution in [0.5, 0.6) is 0 Å². The van der Waals surface area contributed by atoms with E-state index in [2.05, 4.69) is 6.58 Å². The van der Waals surface area contributed by atoms with Gasteiger partial charge in [0, 0.05) is 0 Å². The van der Waals surface area contributed by atoms with E-state index in [1.165, 1.54) is 0 Å². The Morgan fingerprint density at radius 2 is 1.80 bits per heavy atom. The van der Waals surface area contributed by atoms with E-state index in [4.69, 9.17) is 4.84 Å². The summed E-state index contributed by atoms with van der Waals surface area (Å²) in [5.74, 6) is -1.71. The lowest BCUT2D eigenvalue weighted by atomic mass is 10.0. The number of rotatable bonds is 4. The number of nitrogens with zero attached hydrogens (tertiary/aromatic N) is 1. The largest absolute Gasteiger partial charge is 0.339 e. The summed E-state index contributed by atoms with van der Waals surface area (Å²) in [7, 11) is 0. The standard InChI is InChI=1S/C15H13NO4/c1-2-7-15(8-9-15)14(19)20-16-12(17)10-5-3-4-6-11(10)13(16)18/h2-6H,1,7-9H2. The molecule has 5 heteroatoms. The number of hydroxylamine groups is 2. The molecule has 1 aliphatic heterocycles. The van der Waals surface area contributed by atoms with E-state index >= 15 is 0 Å². The molecular weight excluding hydrogens is 258 g/mol. The zero-order valence-electron chi connectivity index (χ0n) is 10.8. The van der Waals surface area contributed by atoms with Crippen molar-refractivity contribution in [3.05, 3.63) is 48.0 Å². The molecule has 1 aromatic rings. The molecule has 5 nitrogen and oxygen atoms in total. The van der Waals surface area contributed by atoms with Gasteiger partial charge in [-0.15, -0.1) is 6.58 Å². The number of amides is 2. The lowest BCUT2D eigenvalue weighted by Gasteiger charge is -2.17. The Bertz CT molecular complexity index is 596. The number of hydrogen-bond acceptors (Lipinski definition) is 4. The van der Waals surface area contributed by atoms with Gasteiger partial charge >= 0.3 is 5.97 Å². The number of benzene rings is 1. The summed E-state index contributed by atoms with van der Waals surface area (Å²) in [6.45, 7) is 3.61. The topological polar surface area (TPSA) is 63.7 Å². The lowest BCUT2D eigenvalue weighted by Crippen LogP contribution is -2.35. The molecule has 3 rings (SSSR count). The van der Waals surface area contributed by atoms with Gasteiger partial charge in [-0.25, -0.2) is 4.79 Å². The Hall–Kier alpha value is -2.43. The van der Waals surface area contributed by atoms with Crippen LogP contribution in [0, 0.1) is 5.41 Å². The molecule has 1 saturated carbocycles. The Morgan fingerprint density at radius 3 is 2.25 bits per heavy atom. The summed E-state index contributed by atoms with van der Waals surface area (Å²) in [6, 6.07) is 6.41. The van der Waals surface area contributed by atoms with Crippen LogP contribution in [0.4, 0.5) is 0 Å². The summed E-state index contributed by atoms with van der Waals surface area (Å²) in [4.78, 5) is 41.3. The first kappa shape index (κ1) is 12.6. The second-order valence-corrected chi connectivity index (χ2v) is 5.10. The van der Waals surface area contributed by atoms with Crippen molar-refractivity contribution in [2.24, 2.45) is 5.41 Å². The molecule has 0 bridgehead atoms. The highest BCUT2D eigenvalue weighted by Crippen LogP contribution is 2.50. The summed E-state index contributed by atoms with van der Waals surface area (Å²) < 4.78 is 0. The van der Waals surface area contributed by atoms with Crippen molar-refractivity contribution in [3.63, 3.8) is 0 Å². The van der Waals surface area contributed by atoms with Crippen molar-refractivity contribution >= 4 is 17.8 Å². The third-order valence-corrected chi connectivity index (χ3v) is 3.75. The maximum atomic E-state index is 12.1. The molecule has 0 N–H and O–H groups in total. The molecule has 0 unspecified atom stereocenters. The summed E-state index contributed by atoms with van der Waals surface area (Å²) in [5.41, 5.74) is -0.0744. The second kappa shape index (κ2) is 4.30. The van der Waals surface area contributed by atoms with Gasteiger partial charge in [0.2, 0.25) is 0 Å². The predicted molar refractivity (Wildman–Crippen MR) is 69.5 cm³/mol. The Kier molecular flexibility index (Phi) is 2.71. The van der Waals surface area contributed by atoms with Gasteiger partial charge in [-0.2, -0.15) is 0 Å². The molecule has 1 heterocycles. The highest BCUT2D eigenvalue weighted by atomic mass is 16.7. The molecule has 0 aromatic heterocycles. The third-order valence-electron chi connectivity index (χ3n) is 3.75. The van der Waals surface area contributed by atoms with Gasteiger partial charge in [-0.3, -0.25) is 9.59 Å². The molecule has 1 aromatic carbocycles. The molecule has 0 atom stereocenters. The van der Waals surface area contributed by atoms with Crippen LogP contribution in [-0.2, 0) is 9.63 Å². The molecule has 20 heavy (non-hydrogen) atoms. The first-order chi connectivity index (χ1) is 9.59. The second-order valence-electron chi connectivity index (χ2n) is 5.10. The number of allylic oxidation sites excluding steroid dienone is 1. The van der Waals surface area contributed by atoms with E-state index in [1.807, 2.05) is 0 Å². The lowest BCUT2D eigenvalue weighted by molar-refractivity contribution is -0.175. The molecule has 1 aliphatic carbocycles. The van der Waals surface area contributed by atoms with Crippen LogP contribution in [0.3, 0.4) is 0 Å². The van der Waals surface area contributed by atoms with Crippen LogP contribution in [0.2, 0.25) is 0 Å². The summed E-state index contributed by atoms with van der Waals surface area (Å²) >= 11 is 0. The fraction of sp³-hybridized carbons (Fsp3) is 0.267. The smallest absolute Gasteiger partial charge is 0.329 e. The van der Waals surface area contributed by atoms with Crippen molar-refractivity contribution < 1.29 is 19.2 Å². The number of carbonyl (C=O) groups is 3. The summed E-state index contributed by atoms with van der Waals surface area (Å²) in [5, 5.41) is 0.566. The van der Waals surface area contributed by atoms with Gasteiger partial charge in [-0.05, 0) is 31.4 Å². The third kappa shape index (κ3) is 1.74. The van der Waals surface area contributed by atoms with Crippen molar-refractivity contribution in [2.45, 2.75) is 19.3 Å². The van der Waals surface area contributed by atoms with E-state index in [-0.39, 0.29) is 11.1 Å². The summed E-state index contributed by atoms with van der Waals surface area (Å²) in [6.07, 6.45) is 3.54. The van der Waals surface area contributed by atoms with E-state index in [1.54, 1.807) is 30.3 Å². The molecular formula is C15H13NO4. The zero-order chi connectivity index (χ0) is 14.3. The molecule has 0 saturated heterocycles. The number of fused-ring (bicyclic) bond motifs is 1. The first-order valence-corrected chi connectivity index (χ1v) is 6.40. The van der Waals surface area contributed by atoms with Crippen LogP contribution in [0.1, 0.15) is 40.0 Å². The molecule has 0 radical (unpaired) electrons. The molecule has 1 fully saturated rings. The van der Waals surface area contributed by atoms with Gasteiger partial charge in [0.25, 0.3) is 11.8 Å². The minimum Gasteiger partial charge on any atom is -0.329 e. The monoisotopic (exact) mass is 271 g/mol. The quantitative estimate of drug-likeness (QED) is 0.621. The van der Waals surface area contributed by atoms with Gasteiger partial charge in [0.1, 0.15) is 0 Å². The molecule has 2 amide bonds. The first-order valence-electron chi connectivity index (χ1n) is 6.40. The van der Waals surface area contributed by atoms with Crippen LogP contribution in [-0.4, -0.2) is 22.8 Å². The Labute approximate surface area is 115 Å². The normalized spacial score (nSPS) is 18.7. The van der Waals surface area contributed by atoms with E-state index in [0.717, 1.165) is 0 Å². The van der Waals surface area contributed by atoms with Crippen molar-refractivity contribution in [2.75, 3.05) is 0 Å². The van der Waals surface area contributed by atoms with Crippen LogP contribution >= 0.6 is 0 Å². The van der Waals surface area contributed by atoms with E-state index < -0.39 is 23.2 Å². The van der Waals surface area contributed by atoms with E-state index in [0.29, 0.717) is 24.3 Å². The highest BCUT2D eigenvalue weighted by molar-refractivity contribution is 6.20. The number of carbonyl (C=O) groups excluding carboxylic acids is 3. The number of hydrogen-bond donors (Lipinski definition) is 0. The molecule has 2 aliphatic rings. The zero-order valence-corrected chi connectivity index (χ0v) is 10.8. The van der Waals surface area contributed by atoms with Gasteiger partial charge in [-0.1, -0.05) is 23.3 Å². The van der Waals surface area contributed by atoms with Crippen LogP contribution < -0.4 is 0 Å². The van der Waals surface area contributed by atoms with Gasteiger partial charge < -0.3 is 4.84 Å². The van der Waals surface area contributed by atoms with Crippen molar-refractivity contribution in [1.29, 1.82) is 0 Å².